The first-order valence-electron chi connectivity index (χ1n) is 12.8. The number of fused-ring (bicyclic) bond motifs is 1. The van der Waals surface area contributed by atoms with Crippen molar-refractivity contribution in [3.8, 4) is 45.3 Å². The van der Waals surface area contributed by atoms with Crippen LogP contribution in [0.4, 0.5) is 22.0 Å². The van der Waals surface area contributed by atoms with Gasteiger partial charge in [0.15, 0.2) is 27.0 Å². The Morgan fingerprint density at radius 1 is 0.978 bits per heavy atom. The minimum Gasteiger partial charge on any atom is -0.395 e. The normalized spacial score (nSPS) is 14.2. The van der Waals surface area contributed by atoms with Gasteiger partial charge in [0.1, 0.15) is 5.82 Å². The number of halogens is 6. The molecule has 17 heteroatoms. The minimum absolute atomic E-state index is 0.000397. The molecule has 1 aliphatic rings. The van der Waals surface area contributed by atoms with E-state index in [4.69, 9.17) is 11.6 Å². The lowest BCUT2D eigenvalue weighted by molar-refractivity contribution is -0.286. The van der Waals surface area contributed by atoms with E-state index in [1.165, 1.54) is 70.9 Å². The molecule has 0 unspecified atom stereocenters. The van der Waals surface area contributed by atoms with Gasteiger partial charge in [-0.25, -0.2) is 18.1 Å². The first-order valence-corrected chi connectivity index (χ1v) is 15.1. The van der Waals surface area contributed by atoms with Crippen LogP contribution in [0.5, 0.6) is 11.5 Å². The van der Waals surface area contributed by atoms with Gasteiger partial charge in [0.25, 0.3) is 0 Å². The third-order valence-electron chi connectivity index (χ3n) is 6.93. The van der Waals surface area contributed by atoms with E-state index in [1.807, 2.05) is 0 Å². The van der Waals surface area contributed by atoms with Crippen LogP contribution in [0, 0.1) is 6.92 Å². The van der Waals surface area contributed by atoms with E-state index in [9.17, 15) is 35.5 Å². The summed E-state index contributed by atoms with van der Waals surface area (Å²) in [6, 6.07) is 11.2. The maximum atomic E-state index is 13.7. The number of imidazole rings is 1. The number of hydrogen-bond acceptors (Lipinski definition) is 8. The highest BCUT2D eigenvalue weighted by Crippen LogP contribution is 2.43. The van der Waals surface area contributed by atoms with E-state index in [0.29, 0.717) is 16.7 Å². The molecule has 234 valence electrons. The number of rotatable bonds is 6. The zero-order chi connectivity index (χ0) is 32.5. The molecule has 6 rings (SSSR count). The van der Waals surface area contributed by atoms with Crippen LogP contribution in [0.2, 0.25) is 5.02 Å². The van der Waals surface area contributed by atoms with Gasteiger partial charge in [-0.05, 0) is 60.5 Å². The Balaban J connectivity index is 1.57. The lowest BCUT2D eigenvalue weighted by Crippen LogP contribution is -2.25. The lowest BCUT2D eigenvalue weighted by atomic mass is 10.0. The molecule has 0 saturated carbocycles. The van der Waals surface area contributed by atoms with Crippen LogP contribution in [-0.2, 0) is 22.6 Å². The van der Waals surface area contributed by atoms with Gasteiger partial charge in [-0.15, -0.1) is 13.9 Å². The van der Waals surface area contributed by atoms with Crippen LogP contribution < -0.4 is 9.47 Å². The van der Waals surface area contributed by atoms with Gasteiger partial charge in [0.05, 0.1) is 34.8 Å². The van der Waals surface area contributed by atoms with Gasteiger partial charge < -0.3 is 19.1 Å². The van der Waals surface area contributed by atoms with Crippen molar-refractivity contribution in [2.24, 2.45) is 0 Å². The van der Waals surface area contributed by atoms with E-state index in [1.54, 1.807) is 0 Å². The molecule has 0 aliphatic carbocycles. The molecule has 3 heterocycles. The van der Waals surface area contributed by atoms with Crippen molar-refractivity contribution < 1.29 is 45.0 Å². The Bertz CT molecular complexity index is 2100. The standard InChI is InChI=1S/C28H19ClF5N5O5S/c1-14-36-26(27(30,31)32)12-38(14)20-5-3-15(17-7-19(29)18(13-40)25(10-17)45(2,41)42)8-21(20)39-22(11-35-37-39)16-4-6-23-24(9-16)44-28(33,34)43-23/h3-12,40H,13H2,1-2H3. The van der Waals surface area contributed by atoms with Gasteiger partial charge in [0.2, 0.25) is 0 Å². The summed E-state index contributed by atoms with van der Waals surface area (Å²) in [5, 5.41) is 17.8. The highest BCUT2D eigenvalue weighted by Gasteiger charge is 2.43. The van der Waals surface area contributed by atoms with Crippen molar-refractivity contribution in [2.45, 2.75) is 30.9 Å². The average molecular weight is 668 g/mol. The summed E-state index contributed by atoms with van der Waals surface area (Å²) in [7, 11) is -3.84. The monoisotopic (exact) mass is 667 g/mol. The molecule has 3 aromatic carbocycles. The number of aryl methyl sites for hydroxylation is 1. The van der Waals surface area contributed by atoms with E-state index in [0.717, 1.165) is 12.5 Å². The van der Waals surface area contributed by atoms with Gasteiger partial charge in [-0.3, -0.25) is 0 Å². The number of sulfone groups is 1. The molecule has 1 N–H and O–H groups in total. The topological polar surface area (TPSA) is 121 Å². The number of benzene rings is 3. The molecule has 1 aliphatic heterocycles. The Hall–Kier alpha value is -4.54. The molecule has 0 saturated heterocycles. The van der Waals surface area contributed by atoms with Gasteiger partial charge in [-0.2, -0.15) is 13.2 Å². The molecule has 0 amide bonds. The van der Waals surface area contributed by atoms with Crippen molar-refractivity contribution in [2.75, 3.05) is 6.26 Å². The molecule has 0 bridgehead atoms. The van der Waals surface area contributed by atoms with Crippen molar-refractivity contribution in [1.29, 1.82) is 0 Å². The SMILES string of the molecule is Cc1nc(C(F)(F)F)cn1-c1ccc(-c2cc(Cl)c(CO)c(S(C)(=O)=O)c2)cc1-n1nncc1-c1ccc2c(c1)OC(F)(F)O2. The molecule has 0 spiro atoms. The smallest absolute Gasteiger partial charge is 0.395 e. The fourth-order valence-corrected chi connectivity index (χ4v) is 6.21. The van der Waals surface area contributed by atoms with Crippen molar-refractivity contribution >= 4 is 21.4 Å². The highest BCUT2D eigenvalue weighted by molar-refractivity contribution is 7.90. The summed E-state index contributed by atoms with van der Waals surface area (Å²) in [4.78, 5) is 3.44. The average Bonchev–Trinajstić information content (AvgIpc) is 3.66. The van der Waals surface area contributed by atoms with Crippen LogP contribution in [0.3, 0.4) is 0 Å². The first kappa shape index (κ1) is 30.5. The number of aromatic nitrogens is 5. The van der Waals surface area contributed by atoms with Gasteiger partial charge >= 0.3 is 12.5 Å². The van der Waals surface area contributed by atoms with Gasteiger partial charge in [-0.1, -0.05) is 22.9 Å². The summed E-state index contributed by atoms with van der Waals surface area (Å²) < 4.78 is 105. The number of ether oxygens (including phenoxy) is 2. The molecule has 10 nitrogen and oxygen atoms in total. The lowest BCUT2D eigenvalue weighted by Gasteiger charge is -2.17. The van der Waals surface area contributed by atoms with Crippen LogP contribution in [-0.4, -0.2) is 50.6 Å². The fourth-order valence-electron chi connectivity index (χ4n) is 4.91. The second kappa shape index (κ2) is 10.5. The second-order valence-electron chi connectivity index (χ2n) is 9.97. The third-order valence-corrected chi connectivity index (χ3v) is 8.43. The molecule has 0 radical (unpaired) electrons. The third kappa shape index (κ3) is 5.60. The largest absolute Gasteiger partial charge is 0.586 e. The minimum atomic E-state index is -4.74. The number of nitrogens with zero attached hydrogens (tertiary/aromatic N) is 5. The fraction of sp³-hybridized carbons (Fsp3) is 0.179. The van der Waals surface area contributed by atoms with Crippen molar-refractivity contribution in [3.05, 3.63) is 83.0 Å². The molecule has 0 atom stereocenters. The number of aliphatic hydroxyl groups excluding tert-OH is 1. The number of hydrogen-bond donors (Lipinski definition) is 1. The van der Waals surface area contributed by atoms with Crippen LogP contribution in [0.15, 0.2) is 65.8 Å². The summed E-state index contributed by atoms with van der Waals surface area (Å²) in [5.74, 6) is -0.478. The molecule has 2 aromatic heterocycles. The van der Waals surface area contributed by atoms with Crippen LogP contribution >= 0.6 is 11.6 Å². The predicted octanol–water partition coefficient (Wildman–Crippen LogP) is 5.98. The maximum absolute atomic E-state index is 13.7. The summed E-state index contributed by atoms with van der Waals surface area (Å²) in [6.07, 6.45) is -5.53. The zero-order valence-electron chi connectivity index (χ0n) is 23.0. The Morgan fingerprint density at radius 2 is 1.69 bits per heavy atom. The van der Waals surface area contributed by atoms with Gasteiger partial charge in [0, 0.05) is 28.6 Å². The molecular formula is C28H19ClF5N5O5S. The molecule has 45 heavy (non-hydrogen) atoms. The van der Waals surface area contributed by atoms with Crippen molar-refractivity contribution in [1.82, 2.24) is 24.5 Å². The van der Waals surface area contributed by atoms with E-state index >= 15 is 0 Å². The summed E-state index contributed by atoms with van der Waals surface area (Å²) in [5.41, 5.74) is 0.371. The Labute approximate surface area is 256 Å². The maximum Gasteiger partial charge on any atom is 0.586 e. The molecule has 0 fully saturated rings. The summed E-state index contributed by atoms with van der Waals surface area (Å²) in [6.45, 7) is 0.732. The first-order chi connectivity index (χ1) is 21.1. The Kier molecular flexibility index (Phi) is 7.13. The molecular weight excluding hydrogens is 649 g/mol. The van der Waals surface area contributed by atoms with Crippen LogP contribution in [0.1, 0.15) is 17.1 Å². The van der Waals surface area contributed by atoms with E-state index in [-0.39, 0.29) is 49.9 Å². The number of aliphatic hydroxyl groups is 1. The second-order valence-corrected chi connectivity index (χ2v) is 12.4. The quantitative estimate of drug-likeness (QED) is 0.220. The zero-order valence-corrected chi connectivity index (χ0v) is 24.5. The Morgan fingerprint density at radius 3 is 2.36 bits per heavy atom. The van der Waals surface area contributed by atoms with E-state index < -0.39 is 34.6 Å². The number of alkyl halides is 5. The molecule has 5 aromatic rings. The highest BCUT2D eigenvalue weighted by atomic mass is 35.5. The van der Waals surface area contributed by atoms with E-state index in [2.05, 4.69) is 24.8 Å². The summed E-state index contributed by atoms with van der Waals surface area (Å²) >= 11 is 6.35. The van der Waals surface area contributed by atoms with Crippen LogP contribution in [0.25, 0.3) is 33.8 Å². The predicted molar refractivity (Wildman–Crippen MR) is 149 cm³/mol. The van der Waals surface area contributed by atoms with Crippen molar-refractivity contribution in [3.63, 3.8) is 0 Å².